The minimum Gasteiger partial charge on any atom is -0.382 e. The number of aryl methyl sites for hydroxylation is 1. The number of hydrogen-bond acceptors (Lipinski definition) is 7. The van der Waals surface area contributed by atoms with E-state index in [0.29, 0.717) is 24.0 Å². The molecule has 0 aliphatic carbocycles. The summed E-state index contributed by atoms with van der Waals surface area (Å²) in [6, 6.07) is 14.1. The predicted octanol–water partition coefficient (Wildman–Crippen LogP) is 2.89. The molecule has 0 spiro atoms. The zero-order chi connectivity index (χ0) is 22.8. The first-order chi connectivity index (χ1) is 15.4. The van der Waals surface area contributed by atoms with Crippen LogP contribution >= 0.6 is 0 Å². The van der Waals surface area contributed by atoms with Crippen LogP contribution in [0.3, 0.4) is 0 Å². The molecule has 4 aromatic rings. The Labute approximate surface area is 183 Å². The van der Waals surface area contributed by atoms with Gasteiger partial charge in [0.05, 0.1) is 11.1 Å². The van der Waals surface area contributed by atoms with Gasteiger partial charge in [-0.15, -0.1) is 0 Å². The molecule has 0 aliphatic heterocycles. The number of nitrogens with one attached hydrogen (secondary N) is 1. The van der Waals surface area contributed by atoms with Crippen molar-refractivity contribution in [2.24, 2.45) is 0 Å². The van der Waals surface area contributed by atoms with E-state index in [2.05, 4.69) is 15.3 Å². The SMILES string of the molecule is Cc1c(CCNc2nc(N)nc(N)c2C#N)c(-c2ccccc2)c(=O)n2cc(F)ccc12. The van der Waals surface area contributed by atoms with Crippen LogP contribution in [0.15, 0.2) is 53.5 Å². The molecule has 3 heterocycles. The van der Waals surface area contributed by atoms with Crippen molar-refractivity contribution in [3.05, 3.63) is 81.5 Å². The summed E-state index contributed by atoms with van der Waals surface area (Å²) in [5.41, 5.74) is 14.7. The molecule has 0 bridgehead atoms. The lowest BCUT2D eigenvalue weighted by Gasteiger charge is -2.17. The zero-order valence-electron chi connectivity index (χ0n) is 17.3. The van der Waals surface area contributed by atoms with Gasteiger partial charge in [0.2, 0.25) is 5.95 Å². The maximum Gasteiger partial charge on any atom is 0.263 e. The minimum atomic E-state index is -0.490. The van der Waals surface area contributed by atoms with E-state index in [1.807, 2.05) is 43.3 Å². The maximum absolute atomic E-state index is 13.9. The van der Waals surface area contributed by atoms with E-state index < -0.39 is 5.82 Å². The van der Waals surface area contributed by atoms with Crippen LogP contribution in [0.25, 0.3) is 16.6 Å². The van der Waals surface area contributed by atoms with E-state index in [1.54, 1.807) is 6.07 Å². The van der Waals surface area contributed by atoms with Gasteiger partial charge in [0.15, 0.2) is 5.82 Å². The Balaban J connectivity index is 1.79. The molecule has 0 aliphatic rings. The highest BCUT2D eigenvalue weighted by atomic mass is 19.1. The smallest absolute Gasteiger partial charge is 0.263 e. The fraction of sp³-hybridized carbons (Fsp3) is 0.130. The largest absolute Gasteiger partial charge is 0.382 e. The summed E-state index contributed by atoms with van der Waals surface area (Å²) in [4.78, 5) is 21.2. The molecule has 32 heavy (non-hydrogen) atoms. The lowest BCUT2D eigenvalue weighted by molar-refractivity contribution is 0.618. The van der Waals surface area contributed by atoms with Crippen molar-refractivity contribution in [1.29, 1.82) is 5.26 Å². The highest BCUT2D eigenvalue weighted by molar-refractivity contribution is 5.73. The molecule has 1 aromatic carbocycles. The summed E-state index contributed by atoms with van der Waals surface area (Å²) < 4.78 is 15.2. The predicted molar refractivity (Wildman–Crippen MR) is 122 cm³/mol. The summed E-state index contributed by atoms with van der Waals surface area (Å²) >= 11 is 0. The van der Waals surface area contributed by atoms with Gasteiger partial charge in [0.1, 0.15) is 23.3 Å². The van der Waals surface area contributed by atoms with Crippen LogP contribution in [-0.4, -0.2) is 20.9 Å². The first kappa shape index (κ1) is 20.8. The van der Waals surface area contributed by atoms with Crippen LogP contribution in [0, 0.1) is 24.1 Å². The summed E-state index contributed by atoms with van der Waals surface area (Å²) in [5, 5.41) is 12.4. The zero-order valence-corrected chi connectivity index (χ0v) is 17.3. The minimum absolute atomic E-state index is 0.00497. The quantitative estimate of drug-likeness (QED) is 0.444. The lowest BCUT2D eigenvalue weighted by Crippen LogP contribution is -2.21. The Hall–Kier alpha value is -4.45. The Morgan fingerprint density at radius 1 is 1.16 bits per heavy atom. The topological polar surface area (TPSA) is 135 Å². The van der Waals surface area contributed by atoms with Crippen molar-refractivity contribution in [2.45, 2.75) is 13.3 Å². The van der Waals surface area contributed by atoms with E-state index in [0.717, 1.165) is 16.7 Å². The number of hydrogen-bond donors (Lipinski definition) is 3. The molecule has 0 saturated heterocycles. The molecular formula is C23H20FN7O. The molecule has 3 aromatic heterocycles. The second-order valence-corrected chi connectivity index (χ2v) is 7.23. The molecule has 0 saturated carbocycles. The van der Waals surface area contributed by atoms with Gasteiger partial charge in [-0.1, -0.05) is 30.3 Å². The number of nitrogens with zero attached hydrogens (tertiary/aromatic N) is 4. The number of anilines is 3. The molecule has 9 heteroatoms. The highest BCUT2D eigenvalue weighted by Crippen LogP contribution is 2.27. The van der Waals surface area contributed by atoms with E-state index >= 15 is 0 Å². The van der Waals surface area contributed by atoms with Crippen molar-refractivity contribution in [3.8, 4) is 17.2 Å². The van der Waals surface area contributed by atoms with Gasteiger partial charge >= 0.3 is 0 Å². The molecule has 0 radical (unpaired) electrons. The van der Waals surface area contributed by atoms with Gasteiger partial charge < -0.3 is 16.8 Å². The van der Waals surface area contributed by atoms with Gasteiger partial charge in [-0.3, -0.25) is 9.20 Å². The third-order valence-corrected chi connectivity index (χ3v) is 5.28. The third-order valence-electron chi connectivity index (χ3n) is 5.28. The van der Waals surface area contributed by atoms with Crippen LogP contribution < -0.4 is 22.3 Å². The number of nitrogen functional groups attached to an aromatic ring is 2. The lowest BCUT2D eigenvalue weighted by atomic mass is 9.94. The normalized spacial score (nSPS) is 10.8. The number of nitrogens with two attached hydrogens (primary N) is 2. The summed E-state index contributed by atoms with van der Waals surface area (Å²) in [6.07, 6.45) is 1.64. The standard InChI is InChI=1S/C23H20FN7O/c1-13-16(9-10-28-21-17(11-25)20(26)29-23(27)30-21)19(14-5-3-2-4-6-14)22(32)31-12-15(24)7-8-18(13)31/h2-8,12H,9-10H2,1H3,(H5,26,27,28,29,30). The van der Waals surface area contributed by atoms with Crippen molar-refractivity contribution in [1.82, 2.24) is 14.4 Å². The molecule has 0 unspecified atom stereocenters. The molecule has 0 fully saturated rings. The van der Waals surface area contributed by atoms with Gasteiger partial charge in [-0.25, -0.2) is 4.39 Å². The van der Waals surface area contributed by atoms with Crippen LogP contribution in [0.1, 0.15) is 16.7 Å². The molecule has 8 nitrogen and oxygen atoms in total. The van der Waals surface area contributed by atoms with E-state index in [1.165, 1.54) is 16.7 Å². The first-order valence-electron chi connectivity index (χ1n) is 9.86. The summed E-state index contributed by atoms with van der Waals surface area (Å²) in [5.74, 6) is -0.308. The van der Waals surface area contributed by atoms with Crippen LogP contribution in [0.2, 0.25) is 0 Å². The van der Waals surface area contributed by atoms with E-state index in [9.17, 15) is 14.4 Å². The fourth-order valence-electron chi connectivity index (χ4n) is 3.80. The fourth-order valence-corrected chi connectivity index (χ4v) is 3.80. The third kappa shape index (κ3) is 3.70. The number of pyridine rings is 2. The number of halogens is 1. The second kappa shape index (κ2) is 8.35. The highest BCUT2D eigenvalue weighted by Gasteiger charge is 2.18. The van der Waals surface area contributed by atoms with E-state index in [-0.39, 0.29) is 28.7 Å². The number of benzene rings is 1. The molecule has 0 amide bonds. The number of fused-ring (bicyclic) bond motifs is 1. The summed E-state index contributed by atoms with van der Waals surface area (Å²) in [6.45, 7) is 2.25. The number of nitriles is 1. The monoisotopic (exact) mass is 429 g/mol. The van der Waals surface area contributed by atoms with Crippen LogP contribution in [0.5, 0.6) is 0 Å². The van der Waals surface area contributed by atoms with Crippen LogP contribution in [-0.2, 0) is 6.42 Å². The number of rotatable bonds is 5. The Morgan fingerprint density at radius 2 is 1.91 bits per heavy atom. The Bertz CT molecular complexity index is 1420. The van der Waals surface area contributed by atoms with Crippen LogP contribution in [0.4, 0.5) is 22.0 Å². The Morgan fingerprint density at radius 3 is 2.62 bits per heavy atom. The molecule has 0 atom stereocenters. The summed E-state index contributed by atoms with van der Waals surface area (Å²) in [7, 11) is 0. The van der Waals surface area contributed by atoms with Gasteiger partial charge in [0, 0.05) is 12.7 Å². The van der Waals surface area contributed by atoms with Gasteiger partial charge in [-0.2, -0.15) is 15.2 Å². The molecular weight excluding hydrogens is 409 g/mol. The van der Waals surface area contributed by atoms with Gasteiger partial charge in [0.25, 0.3) is 5.56 Å². The first-order valence-corrected chi connectivity index (χ1v) is 9.86. The molecule has 4 rings (SSSR count). The average molecular weight is 429 g/mol. The molecule has 5 N–H and O–H groups in total. The van der Waals surface area contributed by atoms with E-state index in [4.69, 9.17) is 11.5 Å². The van der Waals surface area contributed by atoms with Crippen molar-refractivity contribution >= 4 is 23.1 Å². The van der Waals surface area contributed by atoms with Crippen molar-refractivity contribution < 1.29 is 4.39 Å². The number of aromatic nitrogens is 3. The van der Waals surface area contributed by atoms with Crippen molar-refractivity contribution in [2.75, 3.05) is 23.3 Å². The second-order valence-electron chi connectivity index (χ2n) is 7.23. The average Bonchev–Trinajstić information content (AvgIpc) is 2.77. The van der Waals surface area contributed by atoms with Gasteiger partial charge in [-0.05, 0) is 42.2 Å². The maximum atomic E-state index is 13.9. The Kier molecular flexibility index (Phi) is 5.43. The van der Waals surface area contributed by atoms with Crippen molar-refractivity contribution in [3.63, 3.8) is 0 Å². The molecule has 160 valence electrons.